The Bertz CT molecular complexity index is 337. The second-order valence-electron chi connectivity index (χ2n) is 3.81. The predicted octanol–water partition coefficient (Wildman–Crippen LogP) is 2.35. The van der Waals surface area contributed by atoms with Crippen LogP contribution in [-0.4, -0.2) is 18.0 Å². The summed E-state index contributed by atoms with van der Waals surface area (Å²) in [6.45, 7) is 11.6. The lowest BCUT2D eigenvalue weighted by atomic mass is 10.2. The van der Waals surface area contributed by atoms with Gasteiger partial charge in [0.05, 0.1) is 11.7 Å². The molecule has 0 atom stereocenters. The molecule has 0 aromatic heterocycles. The minimum atomic E-state index is -0.547. The van der Waals surface area contributed by atoms with Crippen molar-refractivity contribution in [3.63, 3.8) is 0 Å². The lowest BCUT2D eigenvalue weighted by molar-refractivity contribution is -0.143. The molecule has 0 aliphatic carbocycles. The van der Waals surface area contributed by atoms with Crippen LogP contribution in [0.5, 0.6) is 0 Å². The standard InChI is InChI=1S/C12H18O4/c1-7(2)11(13)16-10(6)9(5)12(14)15-8(3)4/h8H,1H2,2-6H3. The fourth-order valence-corrected chi connectivity index (χ4v) is 0.749. The van der Waals surface area contributed by atoms with Crippen LogP contribution in [0, 0.1) is 0 Å². The van der Waals surface area contributed by atoms with Crippen LogP contribution in [0.2, 0.25) is 0 Å². The van der Waals surface area contributed by atoms with Crippen LogP contribution in [0.25, 0.3) is 0 Å². The Hall–Kier alpha value is -1.58. The highest BCUT2D eigenvalue weighted by atomic mass is 16.6. The number of ether oxygens (including phenoxy) is 2. The molecule has 0 amide bonds. The summed E-state index contributed by atoms with van der Waals surface area (Å²) in [7, 11) is 0. The van der Waals surface area contributed by atoms with Crippen LogP contribution in [0.1, 0.15) is 34.6 Å². The van der Waals surface area contributed by atoms with E-state index >= 15 is 0 Å². The predicted molar refractivity (Wildman–Crippen MR) is 60.5 cm³/mol. The molecular weight excluding hydrogens is 208 g/mol. The van der Waals surface area contributed by atoms with Crippen LogP contribution >= 0.6 is 0 Å². The second kappa shape index (κ2) is 6.10. The van der Waals surface area contributed by atoms with E-state index in [1.807, 2.05) is 0 Å². The van der Waals surface area contributed by atoms with Crippen LogP contribution in [0.3, 0.4) is 0 Å². The molecule has 0 aromatic rings. The largest absolute Gasteiger partial charge is 0.460 e. The van der Waals surface area contributed by atoms with Crippen LogP contribution in [0.15, 0.2) is 23.5 Å². The molecule has 0 heterocycles. The average Bonchev–Trinajstić information content (AvgIpc) is 2.14. The third kappa shape index (κ3) is 4.77. The van der Waals surface area contributed by atoms with Crippen molar-refractivity contribution in [2.24, 2.45) is 0 Å². The van der Waals surface area contributed by atoms with E-state index in [0.29, 0.717) is 0 Å². The first-order valence-corrected chi connectivity index (χ1v) is 5.01. The van der Waals surface area contributed by atoms with Crippen molar-refractivity contribution in [1.82, 2.24) is 0 Å². The maximum atomic E-state index is 11.5. The van der Waals surface area contributed by atoms with Gasteiger partial charge in [0.1, 0.15) is 5.76 Å². The summed E-state index contributed by atoms with van der Waals surface area (Å²) in [6.07, 6.45) is -0.202. The quantitative estimate of drug-likeness (QED) is 0.419. The first-order chi connectivity index (χ1) is 7.25. The molecule has 0 N–H and O–H groups in total. The highest BCUT2D eigenvalue weighted by Gasteiger charge is 2.14. The molecular formula is C12H18O4. The summed E-state index contributed by atoms with van der Waals surface area (Å²) < 4.78 is 9.88. The molecule has 0 saturated carbocycles. The van der Waals surface area contributed by atoms with Gasteiger partial charge in [0.2, 0.25) is 0 Å². The van der Waals surface area contributed by atoms with Crippen LogP contribution in [0.4, 0.5) is 0 Å². The van der Waals surface area contributed by atoms with Crippen LogP contribution in [-0.2, 0) is 19.1 Å². The fraction of sp³-hybridized carbons (Fsp3) is 0.500. The van der Waals surface area contributed by atoms with Gasteiger partial charge in [-0.2, -0.15) is 0 Å². The van der Waals surface area contributed by atoms with E-state index in [9.17, 15) is 9.59 Å². The molecule has 4 heteroatoms. The van der Waals surface area contributed by atoms with Crippen LogP contribution < -0.4 is 0 Å². The Balaban J connectivity index is 4.64. The number of rotatable bonds is 4. The Kier molecular flexibility index (Phi) is 5.50. The number of carbonyl (C=O) groups is 2. The maximum Gasteiger partial charge on any atom is 0.338 e. The molecule has 0 aliphatic heterocycles. The summed E-state index contributed by atoms with van der Waals surface area (Å²) in [5, 5.41) is 0. The third-order valence-corrected chi connectivity index (χ3v) is 1.77. The van der Waals surface area contributed by atoms with Gasteiger partial charge >= 0.3 is 11.9 Å². The van der Waals surface area contributed by atoms with E-state index < -0.39 is 11.9 Å². The molecule has 16 heavy (non-hydrogen) atoms. The molecule has 0 fully saturated rings. The minimum absolute atomic E-state index is 0.202. The molecule has 0 rings (SSSR count). The average molecular weight is 226 g/mol. The van der Waals surface area contributed by atoms with Crippen molar-refractivity contribution >= 4 is 11.9 Å². The highest BCUT2D eigenvalue weighted by molar-refractivity contribution is 5.91. The minimum Gasteiger partial charge on any atom is -0.460 e. The zero-order chi connectivity index (χ0) is 12.9. The number of hydrogen-bond acceptors (Lipinski definition) is 4. The number of carbonyl (C=O) groups excluding carboxylic acids is 2. The summed E-state index contributed by atoms with van der Waals surface area (Å²) in [6, 6.07) is 0. The SMILES string of the molecule is C=C(C)C(=O)OC(C)=C(C)C(=O)OC(C)C. The van der Waals surface area contributed by atoms with E-state index in [2.05, 4.69) is 6.58 Å². The summed E-state index contributed by atoms with van der Waals surface area (Å²) >= 11 is 0. The van der Waals surface area contributed by atoms with Crippen molar-refractivity contribution in [1.29, 1.82) is 0 Å². The van der Waals surface area contributed by atoms with E-state index in [0.717, 1.165) is 0 Å². The fourth-order valence-electron chi connectivity index (χ4n) is 0.749. The molecule has 0 aromatic carbocycles. The first-order valence-electron chi connectivity index (χ1n) is 5.01. The number of allylic oxidation sites excluding steroid dienone is 1. The number of hydrogen-bond donors (Lipinski definition) is 0. The lowest BCUT2D eigenvalue weighted by Crippen LogP contribution is -2.15. The van der Waals surface area contributed by atoms with E-state index in [4.69, 9.17) is 9.47 Å². The Morgan fingerprint density at radius 1 is 1.06 bits per heavy atom. The summed E-state index contributed by atoms with van der Waals surface area (Å²) in [5.41, 5.74) is 0.563. The van der Waals surface area contributed by atoms with E-state index in [1.54, 1.807) is 20.8 Å². The topological polar surface area (TPSA) is 52.6 Å². The monoisotopic (exact) mass is 226 g/mol. The molecule has 0 spiro atoms. The Morgan fingerprint density at radius 2 is 1.56 bits per heavy atom. The van der Waals surface area contributed by atoms with Gasteiger partial charge in [0, 0.05) is 5.57 Å². The molecule has 4 nitrogen and oxygen atoms in total. The van der Waals surface area contributed by atoms with E-state index in [-0.39, 0.29) is 23.0 Å². The van der Waals surface area contributed by atoms with Crippen molar-refractivity contribution in [3.8, 4) is 0 Å². The highest BCUT2D eigenvalue weighted by Crippen LogP contribution is 2.10. The molecule has 0 unspecified atom stereocenters. The summed E-state index contributed by atoms with van der Waals surface area (Å²) in [4.78, 5) is 22.6. The van der Waals surface area contributed by atoms with Gasteiger partial charge < -0.3 is 9.47 Å². The van der Waals surface area contributed by atoms with E-state index in [1.165, 1.54) is 13.8 Å². The lowest BCUT2D eigenvalue weighted by Gasteiger charge is -2.10. The van der Waals surface area contributed by atoms with Gasteiger partial charge in [-0.3, -0.25) is 0 Å². The molecule has 0 aliphatic rings. The second-order valence-corrected chi connectivity index (χ2v) is 3.81. The Labute approximate surface area is 95.9 Å². The Morgan fingerprint density at radius 3 is 1.94 bits per heavy atom. The van der Waals surface area contributed by atoms with Crippen molar-refractivity contribution in [3.05, 3.63) is 23.5 Å². The van der Waals surface area contributed by atoms with Gasteiger partial charge in [0.25, 0.3) is 0 Å². The molecule has 0 saturated heterocycles. The zero-order valence-corrected chi connectivity index (χ0v) is 10.4. The maximum absolute atomic E-state index is 11.5. The molecule has 90 valence electrons. The normalized spacial score (nSPS) is 11.9. The van der Waals surface area contributed by atoms with Crippen molar-refractivity contribution < 1.29 is 19.1 Å². The van der Waals surface area contributed by atoms with Crippen molar-refractivity contribution in [2.75, 3.05) is 0 Å². The van der Waals surface area contributed by atoms with Gasteiger partial charge in [0.15, 0.2) is 0 Å². The van der Waals surface area contributed by atoms with Gasteiger partial charge in [-0.1, -0.05) is 6.58 Å². The van der Waals surface area contributed by atoms with Gasteiger partial charge in [-0.15, -0.1) is 0 Å². The van der Waals surface area contributed by atoms with Gasteiger partial charge in [-0.25, -0.2) is 9.59 Å². The summed E-state index contributed by atoms with van der Waals surface area (Å²) in [5.74, 6) is -0.796. The zero-order valence-electron chi connectivity index (χ0n) is 10.4. The first kappa shape index (κ1) is 14.4. The van der Waals surface area contributed by atoms with Crippen molar-refractivity contribution in [2.45, 2.75) is 40.7 Å². The smallest absolute Gasteiger partial charge is 0.338 e. The molecule has 0 radical (unpaired) electrons. The van der Waals surface area contributed by atoms with Gasteiger partial charge in [-0.05, 0) is 34.6 Å². The third-order valence-electron chi connectivity index (χ3n) is 1.77. The number of esters is 2. The molecule has 0 bridgehead atoms.